The summed E-state index contributed by atoms with van der Waals surface area (Å²) in [5.74, 6) is -15.2. The zero-order valence-corrected chi connectivity index (χ0v) is 22.1. The SMILES string of the molecule is O=C(O[C@H](CO)[C@@H](O)[C@@H]1OC(=O)c2cc(O)c(O)c(O)c2-c2c(O)c(O)c(O)c3c2C(=O)O[C@H]1[C@@H]3O)c1cc(O)c(O)c(O)c1. The van der Waals surface area contributed by atoms with Crippen LogP contribution in [-0.2, 0) is 14.2 Å². The smallest absolute Gasteiger partial charge is 0.339 e. The second-order valence-electron chi connectivity index (χ2n) is 9.89. The second-order valence-corrected chi connectivity index (χ2v) is 9.89. The van der Waals surface area contributed by atoms with Gasteiger partial charge in [0.1, 0.15) is 12.2 Å². The van der Waals surface area contributed by atoms with Crippen molar-refractivity contribution in [2.75, 3.05) is 6.61 Å². The Labute approximate surface area is 248 Å². The van der Waals surface area contributed by atoms with Gasteiger partial charge in [-0.15, -0.1) is 0 Å². The topological polar surface area (TPSA) is 322 Å². The average Bonchev–Trinajstić information content (AvgIpc) is 3.00. The number of phenolic OH excluding ortho intramolecular Hbond substituents is 9. The lowest BCUT2D eigenvalue weighted by Crippen LogP contribution is -2.54. The van der Waals surface area contributed by atoms with Gasteiger partial charge >= 0.3 is 17.9 Å². The number of aromatic hydroxyl groups is 9. The molecule has 4 bridgehead atoms. The Morgan fingerprint density at radius 3 is 1.91 bits per heavy atom. The molecule has 12 N–H and O–H groups in total. The van der Waals surface area contributed by atoms with Gasteiger partial charge in [-0.1, -0.05) is 0 Å². The highest BCUT2D eigenvalue weighted by Crippen LogP contribution is 2.57. The second kappa shape index (κ2) is 10.7. The Balaban J connectivity index is 1.67. The van der Waals surface area contributed by atoms with Crippen molar-refractivity contribution in [1.82, 2.24) is 0 Å². The van der Waals surface area contributed by atoms with Crippen LogP contribution >= 0.6 is 0 Å². The van der Waals surface area contributed by atoms with Crippen LogP contribution in [0.2, 0.25) is 0 Å². The van der Waals surface area contributed by atoms with Crippen molar-refractivity contribution in [1.29, 1.82) is 0 Å². The molecule has 18 nitrogen and oxygen atoms in total. The van der Waals surface area contributed by atoms with Crippen LogP contribution in [0.5, 0.6) is 51.7 Å². The summed E-state index contributed by atoms with van der Waals surface area (Å²) in [4.78, 5) is 39.5. The number of carbonyl (C=O) groups excluding carboxylic acids is 3. The van der Waals surface area contributed by atoms with Crippen molar-refractivity contribution in [3.63, 3.8) is 0 Å². The first kappa shape index (κ1) is 30.6. The van der Waals surface area contributed by atoms with Crippen LogP contribution in [0.25, 0.3) is 11.1 Å². The van der Waals surface area contributed by atoms with Gasteiger partial charge in [0.15, 0.2) is 58.6 Å². The summed E-state index contributed by atoms with van der Waals surface area (Å²) < 4.78 is 15.5. The van der Waals surface area contributed by atoms with E-state index in [1.165, 1.54) is 0 Å². The van der Waals surface area contributed by atoms with Crippen LogP contribution in [0, 0.1) is 0 Å². The Hall–Kier alpha value is -5.85. The Morgan fingerprint density at radius 2 is 1.31 bits per heavy atom. The van der Waals surface area contributed by atoms with E-state index in [2.05, 4.69) is 0 Å². The largest absolute Gasteiger partial charge is 0.504 e. The molecule has 0 saturated carbocycles. The van der Waals surface area contributed by atoms with Crippen molar-refractivity contribution in [3.8, 4) is 62.9 Å². The third-order valence-electron chi connectivity index (χ3n) is 7.27. The molecule has 18 heteroatoms. The maximum atomic E-state index is 13.4. The Bertz CT molecular complexity index is 1760. The standard InChI is InChI=1S/C27H22O18/c28-4-10(43-25(40)5-1-7(29)15(32)8(30)2-5)17(34)23-24-21(38)14-13(27(42)45-24)12(19(36)22(39)20(14)37)11-6(26(41)44-23)3-9(31)16(33)18(11)35/h1-3,10,17,21,23-24,28-39H,4H2/t10-,17-,21-,23+,24+/m1/s1. The summed E-state index contributed by atoms with van der Waals surface area (Å²) in [6.07, 6.45) is -11.4. The van der Waals surface area contributed by atoms with Gasteiger partial charge in [0.05, 0.1) is 23.3 Å². The van der Waals surface area contributed by atoms with Gasteiger partial charge in [-0.05, 0) is 18.2 Å². The number of fused-ring (bicyclic) bond motifs is 3. The lowest BCUT2D eigenvalue weighted by Gasteiger charge is -2.39. The van der Waals surface area contributed by atoms with Crippen molar-refractivity contribution >= 4 is 17.9 Å². The van der Waals surface area contributed by atoms with E-state index in [9.17, 15) is 75.7 Å². The van der Waals surface area contributed by atoms with Crippen molar-refractivity contribution in [2.45, 2.75) is 30.5 Å². The summed E-state index contributed by atoms with van der Waals surface area (Å²) >= 11 is 0. The first-order chi connectivity index (χ1) is 21.1. The number of phenols is 9. The van der Waals surface area contributed by atoms with Gasteiger partial charge in [0.25, 0.3) is 0 Å². The van der Waals surface area contributed by atoms with Crippen LogP contribution in [0.3, 0.4) is 0 Å². The molecule has 0 amide bonds. The molecule has 3 aliphatic rings. The summed E-state index contributed by atoms with van der Waals surface area (Å²) in [6.45, 7) is -1.25. The molecule has 3 aromatic rings. The maximum Gasteiger partial charge on any atom is 0.339 e. The molecular formula is C27H22O18. The highest BCUT2D eigenvalue weighted by molar-refractivity contribution is 6.10. The number of ether oxygens (including phenoxy) is 3. The van der Waals surface area contributed by atoms with E-state index >= 15 is 0 Å². The molecule has 0 unspecified atom stereocenters. The zero-order valence-electron chi connectivity index (χ0n) is 22.1. The minimum atomic E-state index is -2.43. The molecule has 3 aliphatic heterocycles. The predicted molar refractivity (Wildman–Crippen MR) is 139 cm³/mol. The van der Waals surface area contributed by atoms with Gasteiger partial charge in [-0.3, -0.25) is 0 Å². The zero-order chi connectivity index (χ0) is 33.2. The molecule has 3 aromatic carbocycles. The third-order valence-corrected chi connectivity index (χ3v) is 7.27. The third kappa shape index (κ3) is 4.60. The normalized spacial score (nSPS) is 20.0. The van der Waals surface area contributed by atoms with Crippen LogP contribution in [0.15, 0.2) is 18.2 Å². The molecule has 0 radical (unpaired) electrons. The fraction of sp³-hybridized carbons (Fsp3) is 0.222. The quantitative estimate of drug-likeness (QED) is 0.0946. The van der Waals surface area contributed by atoms with E-state index in [1.54, 1.807) is 0 Å². The van der Waals surface area contributed by atoms with Crippen molar-refractivity contribution in [2.24, 2.45) is 0 Å². The number of hydrogen-bond acceptors (Lipinski definition) is 18. The fourth-order valence-electron chi connectivity index (χ4n) is 5.06. The molecule has 0 spiro atoms. The maximum absolute atomic E-state index is 13.4. The molecule has 0 saturated heterocycles. The number of esters is 3. The summed E-state index contributed by atoms with van der Waals surface area (Å²) in [5.41, 5.74) is -5.22. The Kier molecular flexibility index (Phi) is 7.28. The summed E-state index contributed by atoms with van der Waals surface area (Å²) in [6, 6.07) is 1.81. The molecular weight excluding hydrogens is 612 g/mol. The number of carbonyl (C=O) groups is 3. The van der Waals surface area contributed by atoms with Crippen molar-refractivity contribution in [3.05, 3.63) is 40.5 Å². The number of rotatable bonds is 5. The van der Waals surface area contributed by atoms with Gasteiger partial charge in [0.2, 0.25) is 11.5 Å². The molecule has 0 aromatic heterocycles. The fourth-order valence-corrected chi connectivity index (χ4v) is 5.06. The van der Waals surface area contributed by atoms with Gasteiger partial charge in [0, 0.05) is 16.7 Å². The van der Waals surface area contributed by atoms with Gasteiger partial charge < -0.3 is 75.5 Å². The number of aliphatic hydroxyl groups excluding tert-OH is 3. The summed E-state index contributed by atoms with van der Waals surface area (Å²) in [5, 5.41) is 124. The van der Waals surface area contributed by atoms with E-state index in [0.717, 1.165) is 0 Å². The average molecular weight is 634 g/mol. The van der Waals surface area contributed by atoms with E-state index in [-0.39, 0.29) is 0 Å². The van der Waals surface area contributed by atoms with E-state index < -0.39 is 140 Å². The summed E-state index contributed by atoms with van der Waals surface area (Å²) in [7, 11) is 0. The lowest BCUT2D eigenvalue weighted by molar-refractivity contribution is -0.152. The minimum Gasteiger partial charge on any atom is -0.504 e. The molecule has 6 rings (SSSR count). The van der Waals surface area contributed by atoms with Gasteiger partial charge in [-0.25, -0.2) is 14.4 Å². The number of aliphatic hydroxyl groups is 3. The number of hydrogen-bond donors (Lipinski definition) is 12. The van der Waals surface area contributed by atoms with Crippen molar-refractivity contribution < 1.29 is 89.9 Å². The van der Waals surface area contributed by atoms with Crippen LogP contribution in [0.4, 0.5) is 0 Å². The molecule has 45 heavy (non-hydrogen) atoms. The Morgan fingerprint density at radius 1 is 0.733 bits per heavy atom. The molecule has 0 fully saturated rings. The number of benzene rings is 3. The highest BCUT2D eigenvalue weighted by atomic mass is 16.6. The lowest BCUT2D eigenvalue weighted by atomic mass is 9.82. The van der Waals surface area contributed by atoms with E-state index in [4.69, 9.17) is 14.2 Å². The molecule has 238 valence electrons. The monoisotopic (exact) mass is 634 g/mol. The molecule has 3 heterocycles. The molecule has 5 atom stereocenters. The first-order valence-corrected chi connectivity index (χ1v) is 12.5. The van der Waals surface area contributed by atoms with Crippen LogP contribution in [-0.4, -0.2) is 110 Å². The first-order valence-electron chi connectivity index (χ1n) is 12.5. The highest BCUT2D eigenvalue weighted by Gasteiger charge is 2.52. The predicted octanol–water partition coefficient (Wildman–Crippen LogP) is -0.606. The minimum absolute atomic E-state index is 0.510. The van der Waals surface area contributed by atoms with E-state index in [0.29, 0.717) is 18.2 Å². The molecule has 0 aliphatic carbocycles. The van der Waals surface area contributed by atoms with Crippen LogP contribution < -0.4 is 0 Å². The van der Waals surface area contributed by atoms with E-state index in [1.807, 2.05) is 0 Å². The van der Waals surface area contributed by atoms with Crippen LogP contribution in [0.1, 0.15) is 42.7 Å². The van der Waals surface area contributed by atoms with Gasteiger partial charge in [-0.2, -0.15) is 0 Å².